The molecule has 1 N–H and O–H groups in total. The van der Waals surface area contributed by atoms with Crippen LogP contribution in [-0.4, -0.2) is 37.2 Å². The molecule has 0 unspecified atom stereocenters. The lowest BCUT2D eigenvalue weighted by Crippen LogP contribution is -2.36. The van der Waals surface area contributed by atoms with Crippen LogP contribution in [0.5, 0.6) is 0 Å². The van der Waals surface area contributed by atoms with Crippen LogP contribution < -0.4 is 5.56 Å². The lowest BCUT2D eigenvalue weighted by molar-refractivity contribution is 0.231. The minimum absolute atomic E-state index is 0.0126. The number of thioether (sulfide) groups is 1. The minimum atomic E-state index is -0.0126. The van der Waals surface area contributed by atoms with Gasteiger partial charge in [0.05, 0.1) is 28.8 Å². The molecule has 0 aliphatic carbocycles. The van der Waals surface area contributed by atoms with Gasteiger partial charge in [0, 0.05) is 25.6 Å². The van der Waals surface area contributed by atoms with E-state index >= 15 is 0 Å². The molecule has 7 heteroatoms. The number of aromatic nitrogens is 4. The van der Waals surface area contributed by atoms with Crippen molar-refractivity contribution < 1.29 is 0 Å². The zero-order valence-electron chi connectivity index (χ0n) is 15.3. The lowest BCUT2D eigenvalue weighted by Gasteiger charge is -2.28. The van der Waals surface area contributed by atoms with Crippen molar-refractivity contribution in [1.82, 2.24) is 24.4 Å². The number of nitrogens with zero attached hydrogens (tertiary/aromatic N) is 4. The standard InChI is InChI=1S/C19H23N5OS/c1-12(2)24-16-7-5-4-6-15(16)20-17(24)11-23-9-8-14-13(10-23)18(25)22-19(21-14)26-3/h4-7,12H,8-11H2,1-3H3,(H,21,22,25). The molecule has 2 aromatic heterocycles. The molecule has 0 atom stereocenters. The normalized spacial score (nSPS) is 14.9. The van der Waals surface area contributed by atoms with E-state index in [-0.39, 0.29) is 5.56 Å². The topological polar surface area (TPSA) is 66.8 Å². The van der Waals surface area contributed by atoms with Crippen molar-refractivity contribution in [2.45, 2.75) is 44.6 Å². The second-order valence-electron chi connectivity index (χ2n) is 6.94. The number of fused-ring (bicyclic) bond motifs is 2. The highest BCUT2D eigenvalue weighted by molar-refractivity contribution is 7.98. The van der Waals surface area contributed by atoms with E-state index in [1.165, 1.54) is 17.3 Å². The smallest absolute Gasteiger partial charge is 0.256 e. The number of nitrogens with one attached hydrogen (secondary N) is 1. The van der Waals surface area contributed by atoms with Gasteiger partial charge in [0.1, 0.15) is 5.82 Å². The van der Waals surface area contributed by atoms with Crippen LogP contribution in [0.25, 0.3) is 11.0 Å². The van der Waals surface area contributed by atoms with Crippen LogP contribution in [0.1, 0.15) is 37.0 Å². The molecule has 0 spiro atoms. The van der Waals surface area contributed by atoms with Crippen molar-refractivity contribution >= 4 is 22.8 Å². The van der Waals surface area contributed by atoms with Crippen molar-refractivity contribution in [3.8, 4) is 0 Å². The van der Waals surface area contributed by atoms with E-state index in [2.05, 4.69) is 51.5 Å². The van der Waals surface area contributed by atoms with Gasteiger partial charge >= 0.3 is 0 Å². The predicted molar refractivity (Wildman–Crippen MR) is 105 cm³/mol. The number of H-pyrrole nitrogens is 1. The Labute approximate surface area is 156 Å². The molecule has 3 heterocycles. The van der Waals surface area contributed by atoms with Crippen molar-refractivity contribution in [2.75, 3.05) is 12.8 Å². The fourth-order valence-electron chi connectivity index (χ4n) is 3.67. The predicted octanol–water partition coefficient (Wildman–Crippen LogP) is 2.98. The Bertz CT molecular complexity index is 1010. The molecule has 0 amide bonds. The Balaban J connectivity index is 1.64. The zero-order valence-corrected chi connectivity index (χ0v) is 16.1. The molecule has 3 aromatic rings. The van der Waals surface area contributed by atoms with E-state index < -0.39 is 0 Å². The molecule has 0 saturated carbocycles. The summed E-state index contributed by atoms with van der Waals surface area (Å²) in [5.41, 5.74) is 3.91. The van der Waals surface area contributed by atoms with Crippen molar-refractivity contribution in [3.63, 3.8) is 0 Å². The number of imidazole rings is 1. The number of benzene rings is 1. The number of rotatable bonds is 4. The molecule has 26 heavy (non-hydrogen) atoms. The van der Waals surface area contributed by atoms with Crippen LogP contribution in [-0.2, 0) is 19.5 Å². The maximum Gasteiger partial charge on any atom is 0.256 e. The third-order valence-corrected chi connectivity index (χ3v) is 5.45. The van der Waals surface area contributed by atoms with E-state index in [4.69, 9.17) is 4.98 Å². The molecule has 0 bridgehead atoms. The van der Waals surface area contributed by atoms with Crippen LogP contribution in [0, 0.1) is 0 Å². The summed E-state index contributed by atoms with van der Waals surface area (Å²) in [6.45, 7) is 6.60. The first-order valence-corrected chi connectivity index (χ1v) is 10.1. The third-order valence-electron chi connectivity index (χ3n) is 4.87. The largest absolute Gasteiger partial charge is 0.324 e. The molecule has 1 aliphatic heterocycles. The molecule has 0 fully saturated rings. The Morgan fingerprint density at radius 1 is 1.27 bits per heavy atom. The fraction of sp³-hybridized carbons (Fsp3) is 0.421. The Morgan fingerprint density at radius 3 is 2.85 bits per heavy atom. The summed E-state index contributed by atoms with van der Waals surface area (Å²) >= 11 is 1.47. The van der Waals surface area contributed by atoms with E-state index in [1.807, 2.05) is 12.3 Å². The lowest BCUT2D eigenvalue weighted by atomic mass is 10.1. The molecule has 4 rings (SSSR count). The van der Waals surface area contributed by atoms with E-state index in [0.29, 0.717) is 17.7 Å². The van der Waals surface area contributed by atoms with Crippen LogP contribution in [0.15, 0.2) is 34.2 Å². The molecular formula is C19H23N5OS. The van der Waals surface area contributed by atoms with Crippen molar-refractivity contribution in [3.05, 3.63) is 51.7 Å². The van der Waals surface area contributed by atoms with Crippen molar-refractivity contribution in [2.24, 2.45) is 0 Å². The van der Waals surface area contributed by atoms with Gasteiger partial charge in [-0.1, -0.05) is 23.9 Å². The summed E-state index contributed by atoms with van der Waals surface area (Å²) in [5, 5.41) is 0.698. The Kier molecular flexibility index (Phi) is 4.58. The highest BCUT2D eigenvalue weighted by Crippen LogP contribution is 2.24. The minimum Gasteiger partial charge on any atom is -0.324 e. The van der Waals surface area contributed by atoms with Gasteiger partial charge in [0.2, 0.25) is 0 Å². The monoisotopic (exact) mass is 369 g/mol. The average Bonchev–Trinajstić information content (AvgIpc) is 3.00. The van der Waals surface area contributed by atoms with Gasteiger partial charge in [-0.05, 0) is 32.2 Å². The number of hydrogen-bond donors (Lipinski definition) is 1. The summed E-state index contributed by atoms with van der Waals surface area (Å²) in [6, 6.07) is 8.59. The van der Waals surface area contributed by atoms with Crippen LogP contribution in [0.3, 0.4) is 0 Å². The fourth-order valence-corrected chi connectivity index (χ4v) is 4.07. The van der Waals surface area contributed by atoms with E-state index in [1.54, 1.807) is 0 Å². The maximum absolute atomic E-state index is 12.4. The van der Waals surface area contributed by atoms with Crippen molar-refractivity contribution in [1.29, 1.82) is 0 Å². The molecule has 1 aromatic carbocycles. The van der Waals surface area contributed by atoms with E-state index in [9.17, 15) is 4.79 Å². The number of hydrogen-bond acceptors (Lipinski definition) is 5. The number of aromatic amines is 1. The summed E-state index contributed by atoms with van der Waals surface area (Å²) in [6.07, 6.45) is 2.73. The molecule has 0 radical (unpaired) electrons. The SMILES string of the molecule is CSc1nc2c(c(=O)[nH]1)CN(Cc1nc3ccccc3n1C(C)C)CC2. The van der Waals surface area contributed by atoms with Crippen LogP contribution >= 0.6 is 11.8 Å². The first-order valence-electron chi connectivity index (χ1n) is 8.91. The molecule has 0 saturated heterocycles. The summed E-state index contributed by atoms with van der Waals surface area (Å²) in [7, 11) is 0. The Morgan fingerprint density at radius 2 is 2.08 bits per heavy atom. The summed E-state index contributed by atoms with van der Waals surface area (Å²) in [4.78, 5) is 27.0. The maximum atomic E-state index is 12.4. The first-order chi connectivity index (χ1) is 12.6. The second kappa shape index (κ2) is 6.89. The number of para-hydroxylation sites is 2. The quantitative estimate of drug-likeness (QED) is 0.566. The third kappa shape index (κ3) is 3.05. The molecule has 6 nitrogen and oxygen atoms in total. The highest BCUT2D eigenvalue weighted by Gasteiger charge is 2.23. The summed E-state index contributed by atoms with van der Waals surface area (Å²) < 4.78 is 2.30. The van der Waals surface area contributed by atoms with Gasteiger partial charge in [-0.15, -0.1) is 0 Å². The van der Waals surface area contributed by atoms with Crippen LogP contribution in [0.2, 0.25) is 0 Å². The van der Waals surface area contributed by atoms with Gasteiger partial charge in [0.15, 0.2) is 5.16 Å². The van der Waals surface area contributed by atoms with Gasteiger partial charge in [-0.25, -0.2) is 9.97 Å². The van der Waals surface area contributed by atoms with Gasteiger partial charge < -0.3 is 9.55 Å². The Hall–Kier alpha value is -2.12. The highest BCUT2D eigenvalue weighted by atomic mass is 32.2. The van der Waals surface area contributed by atoms with Gasteiger partial charge in [-0.2, -0.15) is 0 Å². The first kappa shape index (κ1) is 17.3. The van der Waals surface area contributed by atoms with Crippen LogP contribution in [0.4, 0.5) is 0 Å². The molecule has 136 valence electrons. The average molecular weight is 369 g/mol. The van der Waals surface area contributed by atoms with Gasteiger partial charge in [0.25, 0.3) is 5.56 Å². The second-order valence-corrected chi connectivity index (χ2v) is 7.74. The van der Waals surface area contributed by atoms with E-state index in [0.717, 1.165) is 42.1 Å². The molecule has 1 aliphatic rings. The van der Waals surface area contributed by atoms with Gasteiger partial charge in [-0.3, -0.25) is 9.69 Å². The summed E-state index contributed by atoms with van der Waals surface area (Å²) in [5.74, 6) is 1.05. The zero-order chi connectivity index (χ0) is 18.3. The molecular weight excluding hydrogens is 346 g/mol.